The van der Waals surface area contributed by atoms with Crippen LogP contribution in [-0.2, 0) is 14.3 Å². The molecule has 0 radical (unpaired) electrons. The molecule has 2 aliphatic heterocycles. The largest absolute Gasteiger partial charge is 0.461 e. The standard InChI is InChI=1S/C14H22ClNO4/c1-13(2,3)20-12(18)16-6-4-14(5-7-16)8-10(9-15)19-11(14)17/h10H,4-9H2,1-3H3/t10-/m0/s1. The van der Waals surface area contributed by atoms with E-state index in [0.717, 1.165) is 0 Å². The van der Waals surface area contributed by atoms with Gasteiger partial charge in [0.05, 0.1) is 11.3 Å². The van der Waals surface area contributed by atoms with Gasteiger partial charge in [0, 0.05) is 19.5 Å². The molecule has 0 unspecified atom stereocenters. The third kappa shape index (κ3) is 3.19. The number of likely N-dealkylation sites (tertiary alicyclic amines) is 1. The first-order chi connectivity index (χ1) is 9.26. The molecule has 0 saturated carbocycles. The van der Waals surface area contributed by atoms with Crippen molar-refractivity contribution >= 4 is 23.7 Å². The number of piperidine rings is 1. The van der Waals surface area contributed by atoms with E-state index in [1.165, 1.54) is 0 Å². The number of alkyl halides is 1. The number of nitrogens with zero attached hydrogens (tertiary/aromatic N) is 1. The van der Waals surface area contributed by atoms with Crippen LogP contribution in [0.4, 0.5) is 4.79 Å². The summed E-state index contributed by atoms with van der Waals surface area (Å²) in [6.07, 6.45) is 1.42. The summed E-state index contributed by atoms with van der Waals surface area (Å²) in [4.78, 5) is 25.7. The number of carbonyl (C=O) groups is 2. The minimum absolute atomic E-state index is 0.160. The Balaban J connectivity index is 1.93. The van der Waals surface area contributed by atoms with Crippen molar-refractivity contribution in [3.05, 3.63) is 0 Å². The molecule has 0 aromatic heterocycles. The van der Waals surface area contributed by atoms with Crippen molar-refractivity contribution in [2.45, 2.75) is 51.7 Å². The van der Waals surface area contributed by atoms with Crippen molar-refractivity contribution in [2.75, 3.05) is 19.0 Å². The zero-order valence-electron chi connectivity index (χ0n) is 12.3. The second kappa shape index (κ2) is 5.43. The van der Waals surface area contributed by atoms with Crippen molar-refractivity contribution in [3.63, 3.8) is 0 Å². The SMILES string of the molecule is CC(C)(C)OC(=O)N1CCC2(CC1)C[C@@H](CCl)OC2=O. The number of ether oxygens (including phenoxy) is 2. The number of rotatable bonds is 1. The van der Waals surface area contributed by atoms with Crippen molar-refractivity contribution in [1.29, 1.82) is 0 Å². The Bertz CT molecular complexity index is 396. The van der Waals surface area contributed by atoms with Crippen LogP contribution in [0.3, 0.4) is 0 Å². The van der Waals surface area contributed by atoms with Crippen LogP contribution in [0.2, 0.25) is 0 Å². The summed E-state index contributed by atoms with van der Waals surface area (Å²) in [6, 6.07) is 0. The van der Waals surface area contributed by atoms with E-state index in [4.69, 9.17) is 21.1 Å². The van der Waals surface area contributed by atoms with Gasteiger partial charge in [-0.2, -0.15) is 0 Å². The number of carbonyl (C=O) groups excluding carboxylic acids is 2. The number of halogens is 1. The lowest BCUT2D eigenvalue weighted by atomic mass is 9.76. The van der Waals surface area contributed by atoms with Gasteiger partial charge in [-0.1, -0.05) is 0 Å². The molecule has 0 aromatic carbocycles. The minimum atomic E-state index is -0.498. The van der Waals surface area contributed by atoms with E-state index in [1.807, 2.05) is 20.8 Å². The molecule has 1 amide bonds. The highest BCUT2D eigenvalue weighted by Crippen LogP contribution is 2.43. The second-order valence-corrected chi connectivity index (χ2v) is 6.94. The smallest absolute Gasteiger partial charge is 0.410 e. The molecule has 2 saturated heterocycles. The minimum Gasteiger partial charge on any atom is -0.461 e. The van der Waals surface area contributed by atoms with Crippen molar-refractivity contribution < 1.29 is 19.1 Å². The number of hydrogen-bond donors (Lipinski definition) is 0. The Morgan fingerprint density at radius 2 is 2.05 bits per heavy atom. The number of esters is 1. The summed E-state index contributed by atoms with van der Waals surface area (Å²) >= 11 is 5.77. The lowest BCUT2D eigenvalue weighted by Crippen LogP contribution is -2.46. The van der Waals surface area contributed by atoms with Crippen LogP contribution in [0.15, 0.2) is 0 Å². The highest BCUT2D eigenvalue weighted by molar-refractivity contribution is 6.18. The van der Waals surface area contributed by atoms with E-state index < -0.39 is 11.0 Å². The third-order valence-corrected chi connectivity index (χ3v) is 4.21. The fourth-order valence-electron chi connectivity index (χ4n) is 2.78. The van der Waals surface area contributed by atoms with Crippen LogP contribution in [0.1, 0.15) is 40.0 Å². The predicted molar refractivity (Wildman–Crippen MR) is 74.7 cm³/mol. The molecule has 114 valence electrons. The number of amides is 1. The monoisotopic (exact) mass is 303 g/mol. The first-order valence-corrected chi connectivity index (χ1v) is 7.54. The first kappa shape index (κ1) is 15.4. The maximum atomic E-state index is 12.0. The summed E-state index contributed by atoms with van der Waals surface area (Å²) < 4.78 is 10.6. The zero-order valence-corrected chi connectivity index (χ0v) is 13.0. The van der Waals surface area contributed by atoms with Crippen LogP contribution in [0, 0.1) is 5.41 Å². The van der Waals surface area contributed by atoms with Crippen molar-refractivity contribution in [2.24, 2.45) is 5.41 Å². The van der Waals surface area contributed by atoms with E-state index in [-0.39, 0.29) is 18.2 Å². The third-order valence-electron chi connectivity index (χ3n) is 3.87. The molecule has 6 heteroatoms. The topological polar surface area (TPSA) is 55.8 Å². The molecule has 1 atom stereocenters. The Hall–Kier alpha value is -0.970. The molecule has 1 spiro atoms. The molecular formula is C14H22ClNO4. The summed E-state index contributed by atoms with van der Waals surface area (Å²) in [7, 11) is 0. The molecule has 2 fully saturated rings. The Kier molecular flexibility index (Phi) is 4.19. The van der Waals surface area contributed by atoms with E-state index in [1.54, 1.807) is 4.90 Å². The van der Waals surface area contributed by atoms with Gasteiger partial charge in [0.25, 0.3) is 0 Å². The van der Waals surface area contributed by atoms with Crippen LogP contribution >= 0.6 is 11.6 Å². The van der Waals surface area contributed by atoms with Crippen LogP contribution in [-0.4, -0.2) is 47.6 Å². The van der Waals surface area contributed by atoms with E-state index in [9.17, 15) is 9.59 Å². The van der Waals surface area contributed by atoms with Gasteiger partial charge in [0.2, 0.25) is 0 Å². The molecule has 20 heavy (non-hydrogen) atoms. The summed E-state index contributed by atoms with van der Waals surface area (Å²) in [5.74, 6) is 0.176. The zero-order chi connectivity index (χ0) is 15.0. The quantitative estimate of drug-likeness (QED) is 0.552. The first-order valence-electron chi connectivity index (χ1n) is 7.01. The van der Waals surface area contributed by atoms with Gasteiger partial charge in [-0.25, -0.2) is 4.79 Å². The molecule has 0 bridgehead atoms. The van der Waals surface area contributed by atoms with Crippen molar-refractivity contribution in [1.82, 2.24) is 4.90 Å². The summed E-state index contributed by atoms with van der Waals surface area (Å²) in [5, 5.41) is 0. The van der Waals surface area contributed by atoms with Crippen LogP contribution < -0.4 is 0 Å². The van der Waals surface area contributed by atoms with Gasteiger partial charge in [-0.05, 0) is 33.6 Å². The van der Waals surface area contributed by atoms with Crippen LogP contribution in [0.25, 0.3) is 0 Å². The summed E-state index contributed by atoms with van der Waals surface area (Å²) in [5.41, 5.74) is -0.944. The Labute approximate surface area is 124 Å². The maximum Gasteiger partial charge on any atom is 0.410 e. The molecule has 2 heterocycles. The molecule has 0 aromatic rings. The lowest BCUT2D eigenvalue weighted by Gasteiger charge is -2.37. The summed E-state index contributed by atoms with van der Waals surface area (Å²) in [6.45, 7) is 6.58. The fraction of sp³-hybridized carbons (Fsp3) is 0.857. The number of cyclic esters (lactones) is 1. The van der Waals surface area contributed by atoms with Gasteiger partial charge in [-0.15, -0.1) is 11.6 Å². The molecule has 2 rings (SSSR count). The average Bonchev–Trinajstić information content (AvgIpc) is 2.65. The molecule has 2 aliphatic rings. The Morgan fingerprint density at radius 1 is 1.45 bits per heavy atom. The second-order valence-electron chi connectivity index (χ2n) is 6.63. The van der Waals surface area contributed by atoms with Gasteiger partial charge in [0.15, 0.2) is 0 Å². The number of hydrogen-bond acceptors (Lipinski definition) is 4. The van der Waals surface area contributed by atoms with Gasteiger partial charge in [-0.3, -0.25) is 4.79 Å². The average molecular weight is 304 g/mol. The van der Waals surface area contributed by atoms with E-state index in [0.29, 0.717) is 38.2 Å². The maximum absolute atomic E-state index is 12.0. The Morgan fingerprint density at radius 3 is 2.50 bits per heavy atom. The lowest BCUT2D eigenvalue weighted by molar-refractivity contribution is -0.150. The van der Waals surface area contributed by atoms with Gasteiger partial charge in [0.1, 0.15) is 11.7 Å². The van der Waals surface area contributed by atoms with Crippen molar-refractivity contribution in [3.8, 4) is 0 Å². The molecule has 0 N–H and O–H groups in total. The van der Waals surface area contributed by atoms with E-state index >= 15 is 0 Å². The molecular weight excluding hydrogens is 282 g/mol. The normalized spacial score (nSPS) is 25.7. The fourth-order valence-corrected chi connectivity index (χ4v) is 2.95. The highest BCUT2D eigenvalue weighted by Gasteiger charge is 2.50. The highest BCUT2D eigenvalue weighted by atomic mass is 35.5. The predicted octanol–water partition coefficient (Wildman–Crippen LogP) is 2.56. The molecule has 0 aliphatic carbocycles. The van der Waals surface area contributed by atoms with Gasteiger partial charge < -0.3 is 14.4 Å². The molecule has 5 nitrogen and oxygen atoms in total. The van der Waals surface area contributed by atoms with Crippen LogP contribution in [0.5, 0.6) is 0 Å². The van der Waals surface area contributed by atoms with Gasteiger partial charge >= 0.3 is 12.1 Å². The van der Waals surface area contributed by atoms with E-state index in [2.05, 4.69) is 0 Å².